The summed E-state index contributed by atoms with van der Waals surface area (Å²) >= 11 is 0. The first-order valence-corrected chi connectivity index (χ1v) is 27.1. The van der Waals surface area contributed by atoms with E-state index in [0.717, 1.165) is 17.6 Å². The summed E-state index contributed by atoms with van der Waals surface area (Å²) in [7, 11) is -5.30. The van der Waals surface area contributed by atoms with Crippen molar-refractivity contribution in [3.8, 4) is 5.75 Å². The van der Waals surface area contributed by atoms with Gasteiger partial charge in [-0.25, -0.2) is 0 Å². The van der Waals surface area contributed by atoms with Crippen molar-refractivity contribution < 1.29 is 37.1 Å². The van der Waals surface area contributed by atoms with E-state index in [1.807, 2.05) is 24.3 Å². The third kappa shape index (κ3) is 11.2. The fourth-order valence-corrected chi connectivity index (χ4v) is 8.67. The lowest BCUT2D eigenvalue weighted by molar-refractivity contribution is -0.137. The summed E-state index contributed by atoms with van der Waals surface area (Å²) in [5.41, 5.74) is 0.286. The van der Waals surface area contributed by atoms with E-state index in [4.69, 9.17) is 27.5 Å². The van der Waals surface area contributed by atoms with Gasteiger partial charge in [-0.1, -0.05) is 81.4 Å². The van der Waals surface area contributed by atoms with Crippen molar-refractivity contribution in [2.45, 2.75) is 155 Å². The van der Waals surface area contributed by atoms with Crippen molar-refractivity contribution in [1.29, 1.82) is 0 Å². The molecular weight excluding hydrogens is 681 g/mol. The number of rotatable bonds is 19. The highest BCUT2D eigenvalue weighted by Gasteiger charge is 2.64. The lowest BCUT2D eigenvalue weighted by atomic mass is 9.81. The topological polar surface area (TPSA) is 92.8 Å². The quantitative estimate of drug-likeness (QED) is 0.0598. The number of carbonyl (C=O) groups excluding carboxylic acids is 2. The number of epoxide rings is 1. The van der Waals surface area contributed by atoms with Gasteiger partial charge in [-0.2, -0.15) is 0 Å². The lowest BCUT2D eigenvalue weighted by Gasteiger charge is -2.44. The fourth-order valence-electron chi connectivity index (χ4n) is 5.23. The molecule has 0 bridgehead atoms. The fraction of sp³-hybridized carbons (Fsp3) is 0.795. The van der Waals surface area contributed by atoms with Gasteiger partial charge in [0.25, 0.3) is 0 Å². The Labute approximate surface area is 308 Å². The molecule has 1 saturated heterocycles. The van der Waals surface area contributed by atoms with E-state index in [-0.39, 0.29) is 46.1 Å². The predicted octanol–water partition coefficient (Wildman–Crippen LogP) is 9.44. The van der Waals surface area contributed by atoms with Crippen LogP contribution in [0.2, 0.25) is 54.4 Å². The molecular formula is C39H72O8Si3. The van der Waals surface area contributed by atoms with Gasteiger partial charge >= 0.3 is 0 Å². The van der Waals surface area contributed by atoms with Crippen LogP contribution in [0.15, 0.2) is 24.3 Å². The SMILES string of the molecule is COc1ccc(COC[C@H](C)[C@H]2O[C@]2(C)[C@@H](O[Si](C)(C)C(C)(C)C)[C@@H](CO[Si](C)(C)C(C)(C)C)C(=O)[C@H](C=O)CO[Si](C)(C)C(C)(C)C)cc1. The first-order valence-electron chi connectivity index (χ1n) is 18.4. The summed E-state index contributed by atoms with van der Waals surface area (Å²) < 4.78 is 38.6. The molecule has 288 valence electrons. The summed E-state index contributed by atoms with van der Waals surface area (Å²) in [6, 6.07) is 7.86. The minimum absolute atomic E-state index is 0.0320. The smallest absolute Gasteiger partial charge is 0.192 e. The molecule has 1 aliphatic heterocycles. The van der Waals surface area contributed by atoms with Gasteiger partial charge in [-0.3, -0.25) is 4.79 Å². The van der Waals surface area contributed by atoms with E-state index >= 15 is 0 Å². The summed E-state index contributed by atoms with van der Waals surface area (Å²) in [6.07, 6.45) is -0.0546. The predicted molar refractivity (Wildman–Crippen MR) is 212 cm³/mol. The normalized spacial score (nSPS) is 21.7. The molecule has 0 amide bonds. The summed E-state index contributed by atoms with van der Waals surface area (Å²) in [5, 5.41) is -0.247. The van der Waals surface area contributed by atoms with Crippen LogP contribution in [-0.2, 0) is 38.9 Å². The van der Waals surface area contributed by atoms with E-state index in [1.54, 1.807) is 7.11 Å². The Hall–Kier alpha value is -1.19. The Balaban J connectivity index is 2.50. The summed E-state index contributed by atoms with van der Waals surface area (Å²) in [6.45, 7) is 38.1. The summed E-state index contributed by atoms with van der Waals surface area (Å²) in [4.78, 5) is 27.5. The standard InChI is InChI=1S/C39H72O8Si3/c1-28(24-43-25-29-19-21-31(42-12)22-20-29)34-39(11,46-34)35(47-50(17,18)38(8,9)10)32(27-45-49(15,16)37(5,6)7)33(41)30(23-40)26-44-48(13,14)36(2,3)4/h19-23,28,30,32,34-35H,24-27H2,1-18H3/t28-,30+,32-,34+,35-,39-/m0/s1. The second-order valence-electron chi connectivity index (χ2n) is 19.3. The average Bonchev–Trinajstić information content (AvgIpc) is 3.67. The average molecular weight is 753 g/mol. The minimum atomic E-state index is -2.45. The molecule has 0 N–H and O–H groups in total. The zero-order valence-electron chi connectivity index (χ0n) is 34.9. The van der Waals surface area contributed by atoms with Crippen molar-refractivity contribution in [3.63, 3.8) is 0 Å². The van der Waals surface area contributed by atoms with Crippen LogP contribution < -0.4 is 4.74 Å². The van der Waals surface area contributed by atoms with Gasteiger partial charge in [0.05, 0.1) is 51.0 Å². The number of methoxy groups -OCH3 is 1. The molecule has 0 spiro atoms. The van der Waals surface area contributed by atoms with Gasteiger partial charge in [-0.15, -0.1) is 0 Å². The molecule has 50 heavy (non-hydrogen) atoms. The van der Waals surface area contributed by atoms with Gasteiger partial charge in [0.15, 0.2) is 30.7 Å². The van der Waals surface area contributed by atoms with Crippen LogP contribution in [-0.4, -0.2) is 81.8 Å². The van der Waals surface area contributed by atoms with E-state index in [0.29, 0.717) is 13.2 Å². The lowest BCUT2D eigenvalue weighted by Crippen LogP contribution is -2.56. The van der Waals surface area contributed by atoms with Gasteiger partial charge in [0, 0.05) is 12.5 Å². The van der Waals surface area contributed by atoms with Crippen LogP contribution in [0.1, 0.15) is 81.7 Å². The van der Waals surface area contributed by atoms with Crippen LogP contribution in [0.25, 0.3) is 0 Å². The molecule has 0 radical (unpaired) electrons. The molecule has 6 atom stereocenters. The Morgan fingerprint density at radius 1 is 0.820 bits per heavy atom. The van der Waals surface area contributed by atoms with Crippen molar-refractivity contribution in [2.24, 2.45) is 17.8 Å². The summed E-state index contributed by atoms with van der Waals surface area (Å²) in [5.74, 6) is -1.01. The number of ether oxygens (including phenoxy) is 3. The highest BCUT2D eigenvalue weighted by atomic mass is 28.4. The molecule has 1 fully saturated rings. The number of aldehydes is 1. The minimum Gasteiger partial charge on any atom is -0.497 e. The first kappa shape index (κ1) is 45.0. The maximum Gasteiger partial charge on any atom is 0.192 e. The monoisotopic (exact) mass is 752 g/mol. The zero-order chi connectivity index (χ0) is 38.7. The van der Waals surface area contributed by atoms with Gasteiger partial charge < -0.3 is 32.3 Å². The number of hydrogen-bond donors (Lipinski definition) is 0. The molecule has 1 aromatic carbocycles. The third-order valence-corrected chi connectivity index (χ3v) is 25.6. The molecule has 0 aliphatic carbocycles. The van der Waals surface area contributed by atoms with Gasteiger partial charge in [-0.05, 0) is 79.0 Å². The largest absolute Gasteiger partial charge is 0.497 e. The van der Waals surface area contributed by atoms with E-state index in [1.165, 1.54) is 0 Å². The molecule has 11 heteroatoms. The number of Topliss-reactive ketones (excluding diaryl/α,β-unsaturated/α-hetero) is 1. The molecule has 8 nitrogen and oxygen atoms in total. The van der Waals surface area contributed by atoms with Crippen LogP contribution in [0, 0.1) is 17.8 Å². The number of benzene rings is 1. The second kappa shape index (κ2) is 16.4. The molecule has 0 unspecified atom stereocenters. The molecule has 2 rings (SSSR count). The molecule has 1 heterocycles. The Bertz CT molecular complexity index is 1260. The maximum absolute atomic E-state index is 14.8. The first-order chi connectivity index (χ1) is 22.5. The highest BCUT2D eigenvalue weighted by molar-refractivity contribution is 6.75. The van der Waals surface area contributed by atoms with Crippen molar-refractivity contribution >= 4 is 37.0 Å². The van der Waals surface area contributed by atoms with Crippen LogP contribution in [0.4, 0.5) is 0 Å². The van der Waals surface area contributed by atoms with Crippen molar-refractivity contribution in [3.05, 3.63) is 29.8 Å². The number of carbonyl (C=O) groups is 2. The zero-order valence-corrected chi connectivity index (χ0v) is 37.9. The van der Waals surface area contributed by atoms with Crippen LogP contribution >= 0.6 is 0 Å². The van der Waals surface area contributed by atoms with E-state index in [2.05, 4.69) is 115 Å². The van der Waals surface area contributed by atoms with Gasteiger partial charge in [0.2, 0.25) is 0 Å². The highest BCUT2D eigenvalue weighted by Crippen LogP contribution is 2.51. The second-order valence-corrected chi connectivity index (χ2v) is 33.6. The van der Waals surface area contributed by atoms with E-state index < -0.39 is 48.5 Å². The Kier molecular flexibility index (Phi) is 14.8. The molecule has 1 aromatic rings. The maximum atomic E-state index is 14.8. The third-order valence-electron chi connectivity index (χ3n) is 12.1. The van der Waals surface area contributed by atoms with Crippen LogP contribution in [0.5, 0.6) is 5.75 Å². The number of ketones is 1. The Morgan fingerprint density at radius 2 is 1.30 bits per heavy atom. The van der Waals surface area contributed by atoms with Gasteiger partial charge in [0.1, 0.15) is 17.6 Å². The van der Waals surface area contributed by atoms with Crippen molar-refractivity contribution in [2.75, 3.05) is 26.9 Å². The number of hydrogen-bond acceptors (Lipinski definition) is 8. The van der Waals surface area contributed by atoms with Crippen molar-refractivity contribution in [1.82, 2.24) is 0 Å². The van der Waals surface area contributed by atoms with Crippen LogP contribution in [0.3, 0.4) is 0 Å². The molecule has 0 aromatic heterocycles. The molecule has 0 saturated carbocycles. The Morgan fingerprint density at radius 3 is 1.74 bits per heavy atom. The van der Waals surface area contributed by atoms with E-state index in [9.17, 15) is 9.59 Å². The molecule has 1 aliphatic rings.